The van der Waals surface area contributed by atoms with Crippen molar-refractivity contribution in [3.8, 4) is 0 Å². The molecule has 1 aromatic heterocycles. The second kappa shape index (κ2) is 4.40. The van der Waals surface area contributed by atoms with E-state index in [4.69, 9.17) is 5.11 Å². The summed E-state index contributed by atoms with van der Waals surface area (Å²) in [7, 11) is 0. The van der Waals surface area contributed by atoms with E-state index in [0.717, 1.165) is 11.8 Å². The fraction of sp³-hybridized carbons (Fsp3) is 0.273. The first-order valence-electron chi connectivity index (χ1n) is 4.81. The third-order valence-corrected chi connectivity index (χ3v) is 3.05. The number of fused-ring (bicyclic) bond motifs is 1. The monoisotopic (exact) mass is 221 g/mol. The molecule has 0 amide bonds. The molecule has 2 aromatic rings. The van der Waals surface area contributed by atoms with Gasteiger partial charge in [-0.2, -0.15) is 4.37 Å². The number of rotatable bonds is 4. The molecule has 0 fully saturated rings. The van der Waals surface area contributed by atoms with Crippen molar-refractivity contribution in [1.29, 1.82) is 0 Å². The van der Waals surface area contributed by atoms with Crippen molar-refractivity contribution in [2.75, 3.05) is 0 Å². The second-order valence-corrected chi connectivity index (χ2v) is 4.28. The van der Waals surface area contributed by atoms with E-state index in [1.54, 1.807) is 0 Å². The lowest BCUT2D eigenvalue weighted by Crippen LogP contribution is -1.95. The van der Waals surface area contributed by atoms with Crippen molar-refractivity contribution in [2.24, 2.45) is 0 Å². The molecule has 2 rings (SSSR count). The van der Waals surface area contributed by atoms with Crippen LogP contribution in [0.2, 0.25) is 0 Å². The molecule has 0 atom stereocenters. The zero-order chi connectivity index (χ0) is 10.7. The average Bonchev–Trinajstić information content (AvgIpc) is 2.64. The minimum absolute atomic E-state index is 0.236. The van der Waals surface area contributed by atoms with E-state index in [0.29, 0.717) is 6.42 Å². The van der Waals surface area contributed by atoms with Crippen molar-refractivity contribution in [2.45, 2.75) is 19.3 Å². The van der Waals surface area contributed by atoms with Crippen LogP contribution in [0, 0.1) is 0 Å². The minimum atomic E-state index is -0.728. The van der Waals surface area contributed by atoms with E-state index in [1.807, 2.05) is 18.3 Å². The Balaban J connectivity index is 2.04. The molecule has 0 radical (unpaired) electrons. The topological polar surface area (TPSA) is 50.2 Å². The maximum atomic E-state index is 10.4. The quantitative estimate of drug-likeness (QED) is 0.863. The van der Waals surface area contributed by atoms with Crippen molar-refractivity contribution < 1.29 is 9.90 Å². The summed E-state index contributed by atoms with van der Waals surface area (Å²) in [5.74, 6) is -0.728. The van der Waals surface area contributed by atoms with Crippen LogP contribution in [-0.2, 0) is 11.2 Å². The van der Waals surface area contributed by atoms with E-state index in [9.17, 15) is 4.79 Å². The van der Waals surface area contributed by atoms with Gasteiger partial charge in [-0.1, -0.05) is 6.07 Å². The Morgan fingerprint density at radius 3 is 3.13 bits per heavy atom. The Bertz CT molecular complexity index is 478. The molecule has 0 spiro atoms. The molecule has 15 heavy (non-hydrogen) atoms. The maximum Gasteiger partial charge on any atom is 0.303 e. The number of nitrogens with zero attached hydrogens (tertiary/aromatic N) is 1. The van der Waals surface area contributed by atoms with Crippen molar-refractivity contribution in [3.63, 3.8) is 0 Å². The fourth-order valence-electron chi connectivity index (χ4n) is 1.52. The summed E-state index contributed by atoms with van der Waals surface area (Å²) in [4.78, 5) is 10.4. The van der Waals surface area contributed by atoms with Gasteiger partial charge in [0.1, 0.15) is 0 Å². The van der Waals surface area contributed by atoms with E-state index in [-0.39, 0.29) is 6.42 Å². The number of aromatic nitrogens is 1. The van der Waals surface area contributed by atoms with Crippen LogP contribution in [0.3, 0.4) is 0 Å². The summed E-state index contributed by atoms with van der Waals surface area (Å²) < 4.78 is 5.28. The highest BCUT2D eigenvalue weighted by atomic mass is 32.1. The highest BCUT2D eigenvalue weighted by Crippen LogP contribution is 2.20. The largest absolute Gasteiger partial charge is 0.481 e. The number of carbonyl (C=O) groups is 1. The lowest BCUT2D eigenvalue weighted by Gasteiger charge is -1.99. The first-order chi connectivity index (χ1) is 7.25. The lowest BCUT2D eigenvalue weighted by atomic mass is 10.1. The number of carboxylic acid groups (broad SMARTS) is 1. The Labute approximate surface area is 91.5 Å². The summed E-state index contributed by atoms with van der Waals surface area (Å²) >= 11 is 1.48. The molecule has 0 bridgehead atoms. The predicted octanol–water partition coefficient (Wildman–Crippen LogP) is 2.70. The highest BCUT2D eigenvalue weighted by molar-refractivity contribution is 7.13. The summed E-state index contributed by atoms with van der Waals surface area (Å²) in [6.45, 7) is 0. The van der Waals surface area contributed by atoms with Gasteiger partial charge < -0.3 is 5.11 Å². The van der Waals surface area contributed by atoms with Gasteiger partial charge in [0.2, 0.25) is 0 Å². The zero-order valence-corrected chi connectivity index (χ0v) is 8.96. The number of benzene rings is 1. The molecule has 1 heterocycles. The third-order valence-electron chi connectivity index (χ3n) is 2.27. The van der Waals surface area contributed by atoms with Crippen molar-refractivity contribution in [1.82, 2.24) is 4.37 Å². The molecule has 1 aromatic carbocycles. The molecule has 0 saturated heterocycles. The van der Waals surface area contributed by atoms with Gasteiger partial charge in [-0.15, -0.1) is 0 Å². The number of hydrogen-bond acceptors (Lipinski definition) is 3. The molecular weight excluding hydrogens is 210 g/mol. The van der Waals surface area contributed by atoms with E-state index in [1.165, 1.54) is 21.8 Å². The third kappa shape index (κ3) is 2.53. The SMILES string of the molecule is O=C(O)CCCc1ccc2sncc2c1. The number of aryl methyl sites for hydroxylation is 1. The maximum absolute atomic E-state index is 10.4. The normalized spacial score (nSPS) is 10.7. The molecule has 0 aliphatic rings. The molecule has 3 nitrogen and oxygen atoms in total. The molecule has 0 aliphatic carbocycles. The van der Waals surface area contributed by atoms with Gasteiger partial charge in [0.05, 0.1) is 4.70 Å². The van der Waals surface area contributed by atoms with Gasteiger partial charge in [-0.3, -0.25) is 4.79 Å². The van der Waals surface area contributed by atoms with Gasteiger partial charge in [0, 0.05) is 18.0 Å². The van der Waals surface area contributed by atoms with Crippen LogP contribution in [-0.4, -0.2) is 15.4 Å². The van der Waals surface area contributed by atoms with E-state index >= 15 is 0 Å². The Morgan fingerprint density at radius 1 is 1.47 bits per heavy atom. The molecule has 0 saturated carbocycles. The van der Waals surface area contributed by atoms with Crippen LogP contribution in [0.1, 0.15) is 18.4 Å². The minimum Gasteiger partial charge on any atom is -0.481 e. The Kier molecular flexibility index (Phi) is 2.97. The van der Waals surface area contributed by atoms with Crippen LogP contribution < -0.4 is 0 Å². The molecule has 78 valence electrons. The van der Waals surface area contributed by atoms with Crippen LogP contribution >= 0.6 is 11.5 Å². The van der Waals surface area contributed by atoms with E-state index < -0.39 is 5.97 Å². The number of aliphatic carboxylic acids is 1. The molecular formula is C11H11NO2S. The predicted molar refractivity (Wildman–Crippen MR) is 60.2 cm³/mol. The summed E-state index contributed by atoms with van der Waals surface area (Å²) in [5.41, 5.74) is 1.18. The fourth-order valence-corrected chi connectivity index (χ4v) is 2.15. The van der Waals surface area contributed by atoms with Gasteiger partial charge >= 0.3 is 5.97 Å². The Hall–Kier alpha value is -1.42. The lowest BCUT2D eigenvalue weighted by molar-refractivity contribution is -0.137. The Morgan fingerprint density at radius 2 is 2.33 bits per heavy atom. The van der Waals surface area contributed by atoms with Crippen molar-refractivity contribution in [3.05, 3.63) is 30.0 Å². The van der Waals surface area contributed by atoms with Crippen LogP contribution in [0.5, 0.6) is 0 Å². The first kappa shape index (κ1) is 10.1. The zero-order valence-electron chi connectivity index (χ0n) is 8.14. The van der Waals surface area contributed by atoms with E-state index in [2.05, 4.69) is 10.4 Å². The van der Waals surface area contributed by atoms with Crippen LogP contribution in [0.4, 0.5) is 0 Å². The standard InChI is InChI=1S/C11H11NO2S/c13-11(14)3-1-2-8-4-5-10-9(6-8)7-12-15-10/h4-7H,1-3H2,(H,13,14). The number of carboxylic acids is 1. The second-order valence-electron chi connectivity index (χ2n) is 3.45. The summed E-state index contributed by atoms with van der Waals surface area (Å²) in [6.07, 6.45) is 3.59. The van der Waals surface area contributed by atoms with Gasteiger partial charge in [0.15, 0.2) is 0 Å². The van der Waals surface area contributed by atoms with Crippen LogP contribution in [0.15, 0.2) is 24.4 Å². The molecule has 0 aliphatic heterocycles. The smallest absolute Gasteiger partial charge is 0.303 e. The summed E-state index contributed by atoms with van der Waals surface area (Å²) in [5, 5.41) is 9.67. The van der Waals surface area contributed by atoms with Crippen LogP contribution in [0.25, 0.3) is 10.1 Å². The summed E-state index contributed by atoms with van der Waals surface area (Å²) in [6, 6.07) is 6.17. The highest BCUT2D eigenvalue weighted by Gasteiger charge is 2.00. The first-order valence-corrected chi connectivity index (χ1v) is 5.58. The molecule has 4 heteroatoms. The van der Waals surface area contributed by atoms with Gasteiger partial charge in [-0.25, -0.2) is 0 Å². The van der Waals surface area contributed by atoms with Gasteiger partial charge in [-0.05, 0) is 42.1 Å². The van der Waals surface area contributed by atoms with Gasteiger partial charge in [0.25, 0.3) is 0 Å². The van der Waals surface area contributed by atoms with Crippen molar-refractivity contribution >= 4 is 27.6 Å². The molecule has 0 unspecified atom stereocenters. The number of hydrogen-bond donors (Lipinski definition) is 1. The average molecular weight is 221 g/mol. The molecule has 1 N–H and O–H groups in total.